The topological polar surface area (TPSA) is 69.1 Å². The van der Waals surface area contributed by atoms with E-state index in [1.165, 1.54) is 0 Å². The number of alkyl halides is 2. The first-order chi connectivity index (χ1) is 5.09. The van der Waals surface area contributed by atoms with Gasteiger partial charge in [0, 0.05) is 6.42 Å². The number of nitrogens with two attached hydrogens (primary N) is 2. The predicted octanol–water partition coefficient (Wildman–Crippen LogP) is -0.113. The summed E-state index contributed by atoms with van der Waals surface area (Å²) in [6.07, 6.45) is -2.30. The number of rotatable bonds is 5. The number of Topliss-reactive ketones (excluding diaryl/α,β-unsaturated/α-hetero) is 1. The van der Waals surface area contributed by atoms with Gasteiger partial charge in [0.25, 0.3) is 6.43 Å². The Morgan fingerprint density at radius 1 is 1.45 bits per heavy atom. The number of ketones is 1. The summed E-state index contributed by atoms with van der Waals surface area (Å²) in [5.41, 5.74) is 9.93. The van der Waals surface area contributed by atoms with Crippen LogP contribution in [0.4, 0.5) is 8.78 Å². The molecule has 66 valence electrons. The Morgan fingerprint density at radius 2 is 2.00 bits per heavy atom. The standard InChI is InChI=1S/C6H12F2N2O/c7-6(8)5(10)4(11)2-1-3-9/h5-6H,1-3,9-10H2. The Labute approximate surface area is 63.7 Å². The maximum atomic E-state index is 11.7. The third-order valence-electron chi connectivity index (χ3n) is 1.27. The monoisotopic (exact) mass is 166 g/mol. The lowest BCUT2D eigenvalue weighted by Crippen LogP contribution is -2.37. The van der Waals surface area contributed by atoms with E-state index in [9.17, 15) is 13.6 Å². The zero-order valence-corrected chi connectivity index (χ0v) is 6.09. The number of halogens is 2. The molecule has 0 spiro atoms. The Bertz CT molecular complexity index is 130. The molecule has 0 heterocycles. The van der Waals surface area contributed by atoms with Gasteiger partial charge in [0.05, 0.1) is 0 Å². The van der Waals surface area contributed by atoms with Crippen molar-refractivity contribution in [1.29, 1.82) is 0 Å². The van der Waals surface area contributed by atoms with E-state index in [4.69, 9.17) is 11.5 Å². The van der Waals surface area contributed by atoms with E-state index in [0.29, 0.717) is 13.0 Å². The van der Waals surface area contributed by atoms with Crippen molar-refractivity contribution in [3.05, 3.63) is 0 Å². The fourth-order valence-corrected chi connectivity index (χ4v) is 0.583. The molecule has 0 aromatic rings. The van der Waals surface area contributed by atoms with Crippen LogP contribution in [0.1, 0.15) is 12.8 Å². The maximum absolute atomic E-state index is 11.7. The average Bonchev–Trinajstić information content (AvgIpc) is 1.98. The van der Waals surface area contributed by atoms with Crippen LogP contribution in [0.5, 0.6) is 0 Å². The van der Waals surface area contributed by atoms with Crippen LogP contribution in [0.3, 0.4) is 0 Å². The minimum atomic E-state index is -2.76. The highest BCUT2D eigenvalue weighted by molar-refractivity contribution is 5.84. The highest BCUT2D eigenvalue weighted by Gasteiger charge is 2.22. The Kier molecular flexibility index (Phi) is 4.89. The predicted molar refractivity (Wildman–Crippen MR) is 37.3 cm³/mol. The zero-order chi connectivity index (χ0) is 8.85. The van der Waals surface area contributed by atoms with Gasteiger partial charge in [-0.2, -0.15) is 0 Å². The lowest BCUT2D eigenvalue weighted by molar-refractivity contribution is -0.123. The van der Waals surface area contributed by atoms with E-state index in [0.717, 1.165) is 0 Å². The third kappa shape index (κ3) is 4.00. The lowest BCUT2D eigenvalue weighted by Gasteiger charge is -2.07. The molecule has 5 heteroatoms. The molecule has 0 rings (SSSR count). The van der Waals surface area contributed by atoms with E-state index >= 15 is 0 Å². The van der Waals surface area contributed by atoms with Crippen molar-refractivity contribution in [3.63, 3.8) is 0 Å². The van der Waals surface area contributed by atoms with Gasteiger partial charge in [-0.25, -0.2) is 8.78 Å². The van der Waals surface area contributed by atoms with Gasteiger partial charge in [0.1, 0.15) is 6.04 Å². The second kappa shape index (κ2) is 5.15. The largest absolute Gasteiger partial charge is 0.330 e. The summed E-state index contributed by atoms with van der Waals surface area (Å²) in [6.45, 7) is 0.321. The summed E-state index contributed by atoms with van der Waals surface area (Å²) < 4.78 is 23.5. The second-order valence-corrected chi connectivity index (χ2v) is 2.22. The number of hydrogen-bond donors (Lipinski definition) is 2. The Morgan fingerprint density at radius 3 is 2.36 bits per heavy atom. The van der Waals surface area contributed by atoms with Gasteiger partial charge in [0.15, 0.2) is 5.78 Å². The van der Waals surface area contributed by atoms with Gasteiger partial charge in [-0.3, -0.25) is 4.79 Å². The molecule has 1 unspecified atom stereocenters. The van der Waals surface area contributed by atoms with E-state index in [1.807, 2.05) is 0 Å². The third-order valence-corrected chi connectivity index (χ3v) is 1.27. The van der Waals surface area contributed by atoms with Crippen LogP contribution in [-0.2, 0) is 4.79 Å². The van der Waals surface area contributed by atoms with Crippen LogP contribution in [0, 0.1) is 0 Å². The van der Waals surface area contributed by atoms with Crippen molar-refractivity contribution < 1.29 is 13.6 Å². The first-order valence-electron chi connectivity index (χ1n) is 3.36. The molecule has 4 N–H and O–H groups in total. The molecule has 1 atom stereocenters. The summed E-state index contributed by atoms with van der Waals surface area (Å²) in [5.74, 6) is -0.620. The molecule has 0 aliphatic rings. The van der Waals surface area contributed by atoms with Crippen LogP contribution in [0.25, 0.3) is 0 Å². The fourth-order valence-electron chi connectivity index (χ4n) is 0.583. The van der Waals surface area contributed by atoms with Gasteiger partial charge in [-0.05, 0) is 13.0 Å². The van der Waals surface area contributed by atoms with Gasteiger partial charge in [0.2, 0.25) is 0 Å². The average molecular weight is 166 g/mol. The SMILES string of the molecule is NCCCC(=O)C(N)C(F)F. The molecule has 3 nitrogen and oxygen atoms in total. The molecule has 0 aromatic carbocycles. The molecule has 0 aromatic heterocycles. The van der Waals surface area contributed by atoms with Crippen molar-refractivity contribution in [3.8, 4) is 0 Å². The molecule has 0 radical (unpaired) electrons. The summed E-state index contributed by atoms with van der Waals surface area (Å²) in [7, 11) is 0. The zero-order valence-electron chi connectivity index (χ0n) is 6.09. The first kappa shape index (κ1) is 10.4. The molecular weight excluding hydrogens is 154 g/mol. The van der Waals surface area contributed by atoms with Crippen LogP contribution >= 0.6 is 0 Å². The molecule has 0 saturated carbocycles. The highest BCUT2D eigenvalue weighted by atomic mass is 19.3. The van der Waals surface area contributed by atoms with Crippen LogP contribution in [0.2, 0.25) is 0 Å². The van der Waals surface area contributed by atoms with Crippen molar-refractivity contribution in [2.75, 3.05) is 6.54 Å². The van der Waals surface area contributed by atoms with Crippen molar-refractivity contribution in [2.24, 2.45) is 11.5 Å². The Hall–Kier alpha value is -0.550. The van der Waals surface area contributed by atoms with Gasteiger partial charge in [-0.15, -0.1) is 0 Å². The maximum Gasteiger partial charge on any atom is 0.260 e. The number of carbonyl (C=O) groups excluding carboxylic acids is 1. The highest BCUT2D eigenvalue weighted by Crippen LogP contribution is 2.02. The van der Waals surface area contributed by atoms with E-state index in [1.54, 1.807) is 0 Å². The van der Waals surface area contributed by atoms with Crippen LogP contribution in [0.15, 0.2) is 0 Å². The molecule has 0 saturated heterocycles. The van der Waals surface area contributed by atoms with E-state index in [-0.39, 0.29) is 6.42 Å². The van der Waals surface area contributed by atoms with Gasteiger partial charge < -0.3 is 11.5 Å². The Balaban J connectivity index is 3.64. The number of carbonyl (C=O) groups is 1. The van der Waals surface area contributed by atoms with Gasteiger partial charge in [-0.1, -0.05) is 0 Å². The summed E-state index contributed by atoms with van der Waals surface area (Å²) >= 11 is 0. The molecule has 11 heavy (non-hydrogen) atoms. The van der Waals surface area contributed by atoms with Crippen molar-refractivity contribution in [1.82, 2.24) is 0 Å². The number of hydrogen-bond acceptors (Lipinski definition) is 3. The molecular formula is C6H12F2N2O. The molecule has 0 aliphatic heterocycles. The first-order valence-corrected chi connectivity index (χ1v) is 3.36. The van der Waals surface area contributed by atoms with E-state index in [2.05, 4.69) is 0 Å². The summed E-state index contributed by atoms with van der Waals surface area (Å²) in [6, 6.07) is -1.64. The van der Waals surface area contributed by atoms with Crippen molar-refractivity contribution >= 4 is 5.78 Å². The van der Waals surface area contributed by atoms with Crippen LogP contribution < -0.4 is 11.5 Å². The normalized spacial score (nSPS) is 13.5. The summed E-state index contributed by atoms with van der Waals surface area (Å²) in [5, 5.41) is 0. The fraction of sp³-hybridized carbons (Fsp3) is 0.833. The molecule has 0 amide bonds. The van der Waals surface area contributed by atoms with E-state index < -0.39 is 18.3 Å². The van der Waals surface area contributed by atoms with Crippen LogP contribution in [-0.4, -0.2) is 24.8 Å². The summed E-state index contributed by atoms with van der Waals surface area (Å²) in [4.78, 5) is 10.7. The smallest absolute Gasteiger partial charge is 0.260 e. The molecule has 0 fully saturated rings. The lowest BCUT2D eigenvalue weighted by atomic mass is 10.1. The van der Waals surface area contributed by atoms with Gasteiger partial charge >= 0.3 is 0 Å². The quantitative estimate of drug-likeness (QED) is 0.598. The minimum absolute atomic E-state index is 0.0437. The second-order valence-electron chi connectivity index (χ2n) is 2.22. The molecule has 0 bridgehead atoms. The minimum Gasteiger partial charge on any atom is -0.330 e. The van der Waals surface area contributed by atoms with Crippen molar-refractivity contribution in [2.45, 2.75) is 25.3 Å². The molecule has 0 aliphatic carbocycles.